The van der Waals surface area contributed by atoms with E-state index in [1.54, 1.807) is 0 Å². The smallest absolute Gasteiger partial charge is 0.146 e. The van der Waals surface area contributed by atoms with Gasteiger partial charge in [0, 0.05) is 0 Å². The first-order valence-corrected chi connectivity index (χ1v) is 6.47. The van der Waals surface area contributed by atoms with Crippen LogP contribution in [-0.2, 0) is 4.79 Å². The van der Waals surface area contributed by atoms with E-state index in [-0.39, 0.29) is 0 Å². The summed E-state index contributed by atoms with van der Waals surface area (Å²) in [6.07, 6.45) is 5.00. The Hall–Kier alpha value is -1.37. The molecule has 1 nitrogen and oxygen atoms in total. The predicted molar refractivity (Wildman–Crippen MR) is 74.0 cm³/mol. The predicted octanol–water partition coefficient (Wildman–Crippen LogP) is 4.55. The molecule has 0 bridgehead atoms. The molecule has 0 aromatic heterocycles. The standard InChI is InChI=1S/C16H22O/c1-4-6-15(12-17)16(7-5-2)14-10-8-13(3)9-11-14/h8-12H,4-7H2,1-3H3/b16-15-. The van der Waals surface area contributed by atoms with Crippen molar-refractivity contribution in [2.24, 2.45) is 0 Å². The van der Waals surface area contributed by atoms with Crippen LogP contribution < -0.4 is 0 Å². The maximum absolute atomic E-state index is 11.2. The number of hydrogen-bond acceptors (Lipinski definition) is 1. The first-order chi connectivity index (χ1) is 8.22. The van der Waals surface area contributed by atoms with Crippen molar-refractivity contribution in [3.63, 3.8) is 0 Å². The number of hydrogen-bond donors (Lipinski definition) is 0. The zero-order chi connectivity index (χ0) is 12.7. The molecule has 0 radical (unpaired) electrons. The Kier molecular flexibility index (Phi) is 5.68. The molecule has 0 unspecified atom stereocenters. The molecule has 1 heteroatoms. The van der Waals surface area contributed by atoms with E-state index < -0.39 is 0 Å². The Morgan fingerprint density at radius 3 is 2.12 bits per heavy atom. The molecule has 0 saturated carbocycles. The number of rotatable bonds is 6. The number of benzene rings is 1. The van der Waals surface area contributed by atoms with Crippen molar-refractivity contribution < 1.29 is 4.79 Å². The number of carbonyl (C=O) groups is 1. The molecule has 1 aromatic rings. The van der Waals surface area contributed by atoms with E-state index in [1.807, 2.05) is 0 Å². The van der Waals surface area contributed by atoms with Crippen LogP contribution in [0.4, 0.5) is 0 Å². The van der Waals surface area contributed by atoms with E-state index in [4.69, 9.17) is 0 Å². The normalized spacial score (nSPS) is 12.2. The molecule has 0 fully saturated rings. The van der Waals surface area contributed by atoms with Crippen molar-refractivity contribution in [1.82, 2.24) is 0 Å². The lowest BCUT2D eigenvalue weighted by atomic mass is 9.93. The summed E-state index contributed by atoms with van der Waals surface area (Å²) in [4.78, 5) is 11.2. The van der Waals surface area contributed by atoms with Crippen molar-refractivity contribution in [3.8, 4) is 0 Å². The monoisotopic (exact) mass is 230 g/mol. The molecule has 17 heavy (non-hydrogen) atoms. The third-order valence-electron chi connectivity index (χ3n) is 2.95. The van der Waals surface area contributed by atoms with Crippen molar-refractivity contribution in [2.75, 3.05) is 0 Å². The highest BCUT2D eigenvalue weighted by Crippen LogP contribution is 2.25. The topological polar surface area (TPSA) is 17.1 Å². The van der Waals surface area contributed by atoms with Crippen LogP contribution in [0.15, 0.2) is 29.8 Å². The first kappa shape index (κ1) is 13.7. The van der Waals surface area contributed by atoms with E-state index in [1.165, 1.54) is 16.7 Å². The van der Waals surface area contributed by atoms with Gasteiger partial charge in [-0.05, 0) is 36.5 Å². The summed E-state index contributed by atoms with van der Waals surface area (Å²) in [6, 6.07) is 8.47. The van der Waals surface area contributed by atoms with Gasteiger partial charge < -0.3 is 0 Å². The van der Waals surface area contributed by atoms with E-state index in [9.17, 15) is 4.79 Å². The molecular formula is C16H22O. The average molecular weight is 230 g/mol. The van der Waals surface area contributed by atoms with E-state index in [0.29, 0.717) is 0 Å². The molecule has 92 valence electrons. The maximum atomic E-state index is 11.2. The minimum absolute atomic E-state index is 0.882. The number of aryl methyl sites for hydroxylation is 1. The number of aldehydes is 1. The molecule has 1 rings (SSSR count). The maximum Gasteiger partial charge on any atom is 0.146 e. The third kappa shape index (κ3) is 3.85. The highest BCUT2D eigenvalue weighted by Gasteiger charge is 2.07. The molecular weight excluding hydrogens is 208 g/mol. The second-order valence-corrected chi connectivity index (χ2v) is 4.49. The van der Waals surface area contributed by atoms with Gasteiger partial charge in [0.15, 0.2) is 0 Å². The number of allylic oxidation sites excluding steroid dienone is 2. The molecule has 0 aliphatic heterocycles. The minimum atomic E-state index is 0.882. The molecule has 0 saturated heterocycles. The molecule has 0 atom stereocenters. The van der Waals surface area contributed by atoms with Crippen molar-refractivity contribution in [3.05, 3.63) is 41.0 Å². The zero-order valence-corrected chi connectivity index (χ0v) is 11.1. The van der Waals surface area contributed by atoms with Gasteiger partial charge in [-0.3, -0.25) is 4.79 Å². The second kappa shape index (κ2) is 7.05. The number of carbonyl (C=O) groups excluding carboxylic acids is 1. The zero-order valence-electron chi connectivity index (χ0n) is 11.1. The summed E-state index contributed by atoms with van der Waals surface area (Å²) in [6.45, 7) is 6.35. The molecule has 0 spiro atoms. The second-order valence-electron chi connectivity index (χ2n) is 4.49. The molecule has 1 aromatic carbocycles. The van der Waals surface area contributed by atoms with Crippen molar-refractivity contribution in [1.29, 1.82) is 0 Å². The minimum Gasteiger partial charge on any atom is -0.298 e. The SMILES string of the molecule is CCC/C(C=O)=C(\CCC)c1ccc(C)cc1. The lowest BCUT2D eigenvalue weighted by Gasteiger charge is -2.11. The summed E-state index contributed by atoms with van der Waals surface area (Å²) in [7, 11) is 0. The summed E-state index contributed by atoms with van der Waals surface area (Å²) in [5.41, 5.74) is 4.66. The fraction of sp³-hybridized carbons (Fsp3) is 0.438. The highest BCUT2D eigenvalue weighted by atomic mass is 16.1. The fourth-order valence-corrected chi connectivity index (χ4v) is 2.05. The Morgan fingerprint density at radius 2 is 1.65 bits per heavy atom. The summed E-state index contributed by atoms with van der Waals surface area (Å²) >= 11 is 0. The quantitative estimate of drug-likeness (QED) is 0.517. The summed E-state index contributed by atoms with van der Waals surface area (Å²) in [5.74, 6) is 0. The van der Waals surface area contributed by atoms with E-state index in [0.717, 1.165) is 37.5 Å². The Bertz CT molecular complexity index is 384. The molecule has 0 aliphatic carbocycles. The van der Waals surface area contributed by atoms with Gasteiger partial charge in [-0.15, -0.1) is 0 Å². The first-order valence-electron chi connectivity index (χ1n) is 6.47. The third-order valence-corrected chi connectivity index (χ3v) is 2.95. The Labute approximate surface area is 105 Å². The lowest BCUT2D eigenvalue weighted by Crippen LogP contribution is -1.94. The average Bonchev–Trinajstić information content (AvgIpc) is 2.35. The molecule has 0 heterocycles. The Balaban J connectivity index is 3.14. The molecule has 0 aliphatic rings. The van der Waals surface area contributed by atoms with Gasteiger partial charge in [0.1, 0.15) is 6.29 Å². The van der Waals surface area contributed by atoms with Gasteiger partial charge in [0.25, 0.3) is 0 Å². The van der Waals surface area contributed by atoms with Crippen LogP contribution in [0, 0.1) is 6.92 Å². The van der Waals surface area contributed by atoms with Gasteiger partial charge in [-0.1, -0.05) is 56.5 Å². The van der Waals surface area contributed by atoms with Crippen LogP contribution in [0.5, 0.6) is 0 Å². The van der Waals surface area contributed by atoms with Gasteiger partial charge in [-0.2, -0.15) is 0 Å². The highest BCUT2D eigenvalue weighted by molar-refractivity contribution is 5.88. The van der Waals surface area contributed by atoms with Crippen molar-refractivity contribution in [2.45, 2.75) is 46.5 Å². The van der Waals surface area contributed by atoms with Gasteiger partial charge in [0.05, 0.1) is 0 Å². The summed E-state index contributed by atoms with van der Waals surface area (Å²) in [5, 5.41) is 0. The summed E-state index contributed by atoms with van der Waals surface area (Å²) < 4.78 is 0. The van der Waals surface area contributed by atoms with Crippen LogP contribution in [0.1, 0.15) is 50.7 Å². The van der Waals surface area contributed by atoms with E-state index in [2.05, 4.69) is 45.0 Å². The van der Waals surface area contributed by atoms with Crippen LogP contribution in [-0.4, -0.2) is 6.29 Å². The van der Waals surface area contributed by atoms with Gasteiger partial charge in [0.2, 0.25) is 0 Å². The largest absolute Gasteiger partial charge is 0.298 e. The van der Waals surface area contributed by atoms with Crippen LogP contribution >= 0.6 is 0 Å². The Morgan fingerprint density at radius 1 is 1.06 bits per heavy atom. The van der Waals surface area contributed by atoms with Gasteiger partial charge >= 0.3 is 0 Å². The lowest BCUT2D eigenvalue weighted by molar-refractivity contribution is -0.105. The molecule has 0 N–H and O–H groups in total. The van der Waals surface area contributed by atoms with Gasteiger partial charge in [-0.25, -0.2) is 0 Å². The van der Waals surface area contributed by atoms with Crippen LogP contribution in [0.25, 0.3) is 5.57 Å². The van der Waals surface area contributed by atoms with Crippen LogP contribution in [0.2, 0.25) is 0 Å². The molecule has 0 amide bonds. The van der Waals surface area contributed by atoms with E-state index >= 15 is 0 Å². The van der Waals surface area contributed by atoms with Crippen LogP contribution in [0.3, 0.4) is 0 Å². The fourth-order valence-electron chi connectivity index (χ4n) is 2.05. The van der Waals surface area contributed by atoms with Crippen molar-refractivity contribution >= 4 is 11.9 Å².